The molecular formula is C14H19NO6. The summed E-state index contributed by atoms with van der Waals surface area (Å²) in [4.78, 5) is 23.7. The molecule has 1 aromatic rings. The van der Waals surface area contributed by atoms with Crippen molar-refractivity contribution in [3.63, 3.8) is 0 Å². The van der Waals surface area contributed by atoms with Crippen LogP contribution >= 0.6 is 0 Å². The molecule has 0 aliphatic heterocycles. The number of carbonyl (C=O) groups is 2. The smallest absolute Gasteiger partial charge is 0.338 e. The lowest BCUT2D eigenvalue weighted by atomic mass is 10.1. The average Bonchev–Trinajstić information content (AvgIpc) is 2.36. The van der Waals surface area contributed by atoms with Crippen molar-refractivity contribution < 1.29 is 29.5 Å². The Bertz CT molecular complexity index is 484. The number of ether oxygens (including phenoxy) is 2. The van der Waals surface area contributed by atoms with Gasteiger partial charge in [-0.15, -0.1) is 0 Å². The van der Waals surface area contributed by atoms with Gasteiger partial charge in [0.2, 0.25) is 0 Å². The highest BCUT2D eigenvalue weighted by atomic mass is 16.8. The predicted molar refractivity (Wildman–Crippen MR) is 73.3 cm³/mol. The molecule has 0 radical (unpaired) electrons. The van der Waals surface area contributed by atoms with Crippen LogP contribution in [0.25, 0.3) is 0 Å². The lowest BCUT2D eigenvalue weighted by Crippen LogP contribution is -2.99. The molecule has 0 heterocycles. The molecule has 0 saturated heterocycles. The van der Waals surface area contributed by atoms with Gasteiger partial charge < -0.3 is 14.7 Å². The van der Waals surface area contributed by atoms with E-state index in [-0.39, 0.29) is 29.0 Å². The van der Waals surface area contributed by atoms with Gasteiger partial charge in [0.25, 0.3) is 0 Å². The molecule has 1 atom stereocenters. The second kappa shape index (κ2) is 7.16. The van der Waals surface area contributed by atoms with Crippen molar-refractivity contribution in [3.05, 3.63) is 34.5 Å². The molecule has 21 heavy (non-hydrogen) atoms. The molecule has 1 unspecified atom stereocenters. The van der Waals surface area contributed by atoms with Crippen LogP contribution in [0.1, 0.15) is 48.4 Å². The van der Waals surface area contributed by atoms with E-state index in [9.17, 15) is 14.8 Å². The van der Waals surface area contributed by atoms with Gasteiger partial charge in [-0.3, -0.25) is 0 Å². The van der Waals surface area contributed by atoms with Gasteiger partial charge in [-0.25, -0.2) is 14.8 Å². The van der Waals surface area contributed by atoms with E-state index in [2.05, 4.69) is 0 Å². The number of esters is 2. The molecule has 116 valence electrons. The first kappa shape index (κ1) is 17.1. The molecule has 0 aromatic heterocycles. The third-order valence-electron chi connectivity index (χ3n) is 2.34. The Morgan fingerprint density at radius 2 is 1.38 bits per heavy atom. The van der Waals surface area contributed by atoms with Crippen molar-refractivity contribution >= 4 is 17.6 Å². The van der Waals surface area contributed by atoms with Crippen molar-refractivity contribution in [3.8, 4) is 0 Å². The molecule has 7 heteroatoms. The third kappa shape index (κ3) is 5.14. The van der Waals surface area contributed by atoms with Crippen LogP contribution in [-0.4, -0.2) is 29.4 Å². The molecule has 0 fully saturated rings. The van der Waals surface area contributed by atoms with Gasteiger partial charge in [0.1, 0.15) is 0 Å². The van der Waals surface area contributed by atoms with Crippen LogP contribution in [0.5, 0.6) is 0 Å². The van der Waals surface area contributed by atoms with Gasteiger partial charge in [0.05, 0.1) is 23.3 Å². The van der Waals surface area contributed by atoms with E-state index in [0.717, 1.165) is 0 Å². The number of hydrogen-bond donors (Lipinski definition) is 2. The van der Waals surface area contributed by atoms with Gasteiger partial charge in [-0.05, 0) is 33.8 Å². The zero-order valence-electron chi connectivity index (χ0n) is 12.4. The highest BCUT2D eigenvalue weighted by Crippen LogP contribution is 2.15. The molecular weight excluding hydrogens is 278 g/mol. The summed E-state index contributed by atoms with van der Waals surface area (Å²) in [7, 11) is 0. The number of quaternary nitrogens is 1. The van der Waals surface area contributed by atoms with E-state index in [1.165, 1.54) is 18.2 Å². The van der Waals surface area contributed by atoms with Crippen LogP contribution in [0, 0.1) is 5.21 Å². The van der Waals surface area contributed by atoms with Crippen LogP contribution in [0.3, 0.4) is 0 Å². The summed E-state index contributed by atoms with van der Waals surface area (Å²) in [6, 6.07) is 3.60. The first-order valence-corrected chi connectivity index (χ1v) is 6.51. The maximum atomic E-state index is 11.9. The van der Waals surface area contributed by atoms with E-state index in [1.807, 2.05) is 0 Å². The summed E-state index contributed by atoms with van der Waals surface area (Å²) >= 11 is 0. The lowest BCUT2D eigenvalue weighted by Gasteiger charge is -2.15. The molecule has 7 nitrogen and oxygen atoms in total. The van der Waals surface area contributed by atoms with Gasteiger partial charge in [-0.1, -0.05) is 0 Å². The minimum Gasteiger partial charge on any atom is -0.595 e. The Kier molecular flexibility index (Phi) is 5.83. The Hall–Kier alpha value is -1.96. The monoisotopic (exact) mass is 297 g/mol. The van der Waals surface area contributed by atoms with Gasteiger partial charge >= 0.3 is 11.9 Å². The maximum absolute atomic E-state index is 11.9. The molecule has 0 bridgehead atoms. The topological polar surface area (TPSA) is 100 Å². The Morgan fingerprint density at radius 1 is 1.00 bits per heavy atom. The molecule has 0 saturated carbocycles. The molecule has 0 aliphatic carbocycles. The van der Waals surface area contributed by atoms with E-state index in [1.54, 1.807) is 27.7 Å². The fraction of sp³-hybridized carbons (Fsp3) is 0.429. The summed E-state index contributed by atoms with van der Waals surface area (Å²) in [5.74, 6) is -1.38. The Morgan fingerprint density at radius 3 is 1.67 bits per heavy atom. The van der Waals surface area contributed by atoms with Gasteiger partial charge in [0, 0.05) is 12.1 Å². The zero-order chi connectivity index (χ0) is 16.2. The van der Waals surface area contributed by atoms with Crippen molar-refractivity contribution in [1.29, 1.82) is 0 Å². The molecule has 2 N–H and O–H groups in total. The predicted octanol–water partition coefficient (Wildman–Crippen LogP) is 1.22. The largest absolute Gasteiger partial charge is 0.595 e. The van der Waals surface area contributed by atoms with Crippen molar-refractivity contribution in [2.45, 2.75) is 39.9 Å². The van der Waals surface area contributed by atoms with Gasteiger partial charge in [-0.2, -0.15) is 5.23 Å². The minimum absolute atomic E-state index is 0.000642. The summed E-state index contributed by atoms with van der Waals surface area (Å²) < 4.78 is 10.0. The number of rotatable bonds is 5. The van der Waals surface area contributed by atoms with E-state index >= 15 is 0 Å². The van der Waals surface area contributed by atoms with Crippen molar-refractivity contribution in [1.82, 2.24) is 0 Å². The molecule has 0 aliphatic rings. The Labute approximate surface area is 122 Å². The normalized spacial score (nSPS) is 12.4. The minimum atomic E-state index is -1.24. The van der Waals surface area contributed by atoms with E-state index in [4.69, 9.17) is 14.7 Å². The average molecular weight is 297 g/mol. The first-order valence-electron chi connectivity index (χ1n) is 6.51. The number of benzene rings is 1. The number of nitrogens with one attached hydrogen (secondary N) is 1. The summed E-state index contributed by atoms with van der Waals surface area (Å²) in [5.41, 5.74) is -0.178. The third-order valence-corrected chi connectivity index (χ3v) is 2.34. The SMILES string of the molecule is CC(C)OC(=O)c1cc(C(=O)OC(C)C)cc([NH+]([O-])O)c1. The molecule has 0 spiro atoms. The van der Waals surface area contributed by atoms with Crippen LogP contribution < -0.4 is 5.23 Å². The summed E-state index contributed by atoms with van der Waals surface area (Å²) in [6.07, 6.45) is -0.700. The second-order valence-corrected chi connectivity index (χ2v) is 5.01. The highest BCUT2D eigenvalue weighted by Gasteiger charge is 2.19. The van der Waals surface area contributed by atoms with E-state index in [0.29, 0.717) is 0 Å². The first-order chi connectivity index (χ1) is 9.70. The Balaban J connectivity index is 3.17. The number of hydrogen-bond acceptors (Lipinski definition) is 6. The fourth-order valence-corrected chi connectivity index (χ4v) is 1.55. The van der Waals surface area contributed by atoms with Gasteiger partial charge in [0.15, 0.2) is 5.69 Å². The molecule has 1 aromatic carbocycles. The molecule has 1 rings (SSSR count). The lowest BCUT2D eigenvalue weighted by molar-refractivity contribution is -0.991. The molecule has 0 amide bonds. The second-order valence-electron chi connectivity index (χ2n) is 5.01. The fourth-order valence-electron chi connectivity index (χ4n) is 1.55. The summed E-state index contributed by atoms with van der Waals surface area (Å²) in [5, 5.41) is 18.9. The number of carbonyl (C=O) groups excluding carboxylic acids is 2. The quantitative estimate of drug-likeness (QED) is 0.626. The highest BCUT2D eigenvalue weighted by molar-refractivity contribution is 5.96. The van der Waals surface area contributed by atoms with Crippen LogP contribution in [0.15, 0.2) is 18.2 Å². The summed E-state index contributed by atoms with van der Waals surface area (Å²) in [6.45, 7) is 6.69. The van der Waals surface area contributed by atoms with Crippen LogP contribution in [0.2, 0.25) is 0 Å². The van der Waals surface area contributed by atoms with Crippen molar-refractivity contribution in [2.24, 2.45) is 0 Å². The maximum Gasteiger partial charge on any atom is 0.338 e. The van der Waals surface area contributed by atoms with E-state index < -0.39 is 17.2 Å². The van der Waals surface area contributed by atoms with Crippen LogP contribution in [0.4, 0.5) is 5.69 Å². The van der Waals surface area contributed by atoms with Crippen LogP contribution in [-0.2, 0) is 9.47 Å². The zero-order valence-corrected chi connectivity index (χ0v) is 12.4. The van der Waals surface area contributed by atoms with Crippen molar-refractivity contribution in [2.75, 3.05) is 0 Å². The standard InChI is InChI=1S/C14H19NO6/c1-8(2)20-13(16)10-5-11(14(17)21-9(3)4)7-12(6-10)15(18)19/h5-9,15,18H,1-4H3.